The van der Waals surface area contributed by atoms with E-state index in [1.807, 2.05) is 0 Å². The van der Waals surface area contributed by atoms with E-state index in [0.717, 1.165) is 0 Å². The number of rotatable bonds is 1. The second-order valence-electron chi connectivity index (χ2n) is 2.95. The van der Waals surface area contributed by atoms with Crippen molar-refractivity contribution in [2.24, 2.45) is 0 Å². The van der Waals surface area contributed by atoms with E-state index in [4.69, 9.17) is 1.37 Å². The Morgan fingerprint density at radius 1 is 1.46 bits per heavy atom. The molecule has 1 aromatic carbocycles. The van der Waals surface area contributed by atoms with Crippen molar-refractivity contribution in [3.8, 4) is 5.75 Å². The highest BCUT2D eigenvalue weighted by molar-refractivity contribution is 5.56. The predicted molar refractivity (Wildman–Crippen MR) is 49.0 cm³/mol. The van der Waals surface area contributed by atoms with Crippen LogP contribution in [0.3, 0.4) is 0 Å². The summed E-state index contributed by atoms with van der Waals surface area (Å²) in [7, 11) is 0. The van der Waals surface area contributed by atoms with Gasteiger partial charge in [0.2, 0.25) is 0 Å². The van der Waals surface area contributed by atoms with Crippen LogP contribution in [0.1, 0.15) is 18.1 Å². The van der Waals surface area contributed by atoms with Crippen LogP contribution in [0.4, 0.5) is 5.69 Å². The molecule has 13 heavy (non-hydrogen) atoms. The predicted octanol–water partition coefficient (Wildman–Crippen LogP) is 2.23. The SMILES string of the molecule is [2H]c1c(C)c(O)c(C)c([N+](=O)[O-])c1C. The Morgan fingerprint density at radius 2 is 2.00 bits per heavy atom. The van der Waals surface area contributed by atoms with E-state index in [0.29, 0.717) is 11.1 Å². The van der Waals surface area contributed by atoms with Crippen LogP contribution in [0.5, 0.6) is 5.75 Å². The monoisotopic (exact) mass is 182 g/mol. The molecular weight excluding hydrogens is 170 g/mol. The highest BCUT2D eigenvalue weighted by Crippen LogP contribution is 2.32. The molecule has 4 nitrogen and oxygen atoms in total. The van der Waals surface area contributed by atoms with Crippen LogP contribution in [0.2, 0.25) is 0 Å². The normalized spacial score (nSPS) is 11.2. The number of hydrogen-bond acceptors (Lipinski definition) is 3. The largest absolute Gasteiger partial charge is 0.507 e. The maximum atomic E-state index is 10.7. The van der Waals surface area contributed by atoms with Crippen molar-refractivity contribution in [1.29, 1.82) is 0 Å². The summed E-state index contributed by atoms with van der Waals surface area (Å²) < 4.78 is 7.55. The minimum atomic E-state index is -0.568. The van der Waals surface area contributed by atoms with Gasteiger partial charge in [-0.05, 0) is 32.4 Å². The Balaban J connectivity index is 3.68. The van der Waals surface area contributed by atoms with Gasteiger partial charge in [0.25, 0.3) is 5.69 Å². The first-order valence-electron chi connectivity index (χ1n) is 4.31. The summed E-state index contributed by atoms with van der Waals surface area (Å²) in [5, 5.41) is 20.2. The van der Waals surface area contributed by atoms with Gasteiger partial charge in [-0.25, -0.2) is 0 Å². The average Bonchev–Trinajstić information content (AvgIpc) is 2.11. The van der Waals surface area contributed by atoms with Gasteiger partial charge in [0.05, 0.1) is 11.9 Å². The highest BCUT2D eigenvalue weighted by Gasteiger charge is 2.18. The summed E-state index contributed by atoms with van der Waals surface area (Å²) >= 11 is 0. The maximum Gasteiger partial charge on any atom is 0.278 e. The van der Waals surface area contributed by atoms with Gasteiger partial charge in [0.1, 0.15) is 5.75 Å². The molecule has 0 amide bonds. The van der Waals surface area contributed by atoms with Crippen molar-refractivity contribution in [2.45, 2.75) is 20.8 Å². The molecule has 1 rings (SSSR count). The van der Waals surface area contributed by atoms with E-state index < -0.39 is 4.92 Å². The van der Waals surface area contributed by atoms with Gasteiger partial charge in [0.15, 0.2) is 0 Å². The Bertz CT molecular complexity index is 386. The molecule has 0 radical (unpaired) electrons. The van der Waals surface area contributed by atoms with Crippen molar-refractivity contribution in [3.05, 3.63) is 32.8 Å². The summed E-state index contributed by atoms with van der Waals surface area (Å²) in [4.78, 5) is 10.1. The first kappa shape index (κ1) is 8.04. The number of nitro benzene ring substituents is 1. The van der Waals surface area contributed by atoms with E-state index in [2.05, 4.69) is 0 Å². The van der Waals surface area contributed by atoms with Crippen LogP contribution in [0, 0.1) is 30.9 Å². The minimum absolute atomic E-state index is 0.0276. The van der Waals surface area contributed by atoms with Crippen molar-refractivity contribution < 1.29 is 11.4 Å². The Labute approximate surface area is 77.4 Å². The lowest BCUT2D eigenvalue weighted by Gasteiger charge is -2.06. The van der Waals surface area contributed by atoms with Gasteiger partial charge in [0, 0.05) is 5.56 Å². The molecular formula is C9H11NO3. The first-order valence-corrected chi connectivity index (χ1v) is 3.81. The fraction of sp³-hybridized carbons (Fsp3) is 0.333. The van der Waals surface area contributed by atoms with E-state index in [-0.39, 0.29) is 23.0 Å². The van der Waals surface area contributed by atoms with Gasteiger partial charge in [-0.3, -0.25) is 10.1 Å². The third-order valence-electron chi connectivity index (χ3n) is 1.98. The van der Waals surface area contributed by atoms with Crippen LogP contribution < -0.4 is 0 Å². The molecule has 70 valence electrons. The lowest BCUT2D eigenvalue weighted by Crippen LogP contribution is -1.96. The van der Waals surface area contributed by atoms with Crippen LogP contribution in [-0.4, -0.2) is 10.0 Å². The van der Waals surface area contributed by atoms with E-state index in [1.165, 1.54) is 13.8 Å². The van der Waals surface area contributed by atoms with Crippen LogP contribution in [-0.2, 0) is 0 Å². The fourth-order valence-corrected chi connectivity index (χ4v) is 1.35. The molecule has 4 heteroatoms. The maximum absolute atomic E-state index is 10.7. The average molecular weight is 182 g/mol. The molecule has 0 heterocycles. The van der Waals surface area contributed by atoms with Crippen molar-refractivity contribution in [2.75, 3.05) is 0 Å². The molecule has 0 saturated carbocycles. The number of benzene rings is 1. The van der Waals surface area contributed by atoms with Gasteiger partial charge in [-0.2, -0.15) is 0 Å². The van der Waals surface area contributed by atoms with Crippen molar-refractivity contribution >= 4 is 5.69 Å². The molecule has 0 aliphatic rings. The van der Waals surface area contributed by atoms with Gasteiger partial charge in [-0.1, -0.05) is 0 Å². The lowest BCUT2D eigenvalue weighted by molar-refractivity contribution is -0.386. The molecule has 1 N–H and O–H groups in total. The van der Waals surface area contributed by atoms with E-state index in [9.17, 15) is 15.2 Å². The summed E-state index contributed by atoms with van der Waals surface area (Å²) in [5.41, 5.74) is 0.729. The lowest BCUT2D eigenvalue weighted by atomic mass is 10.0. The third-order valence-corrected chi connectivity index (χ3v) is 1.98. The van der Waals surface area contributed by atoms with Crippen LogP contribution in [0.25, 0.3) is 0 Å². The van der Waals surface area contributed by atoms with Gasteiger partial charge in [-0.15, -0.1) is 0 Å². The van der Waals surface area contributed by atoms with Crippen molar-refractivity contribution in [1.82, 2.24) is 0 Å². The number of phenols is 1. The molecule has 0 atom stereocenters. The Morgan fingerprint density at radius 3 is 2.46 bits per heavy atom. The zero-order chi connectivity index (χ0) is 11.0. The molecule has 1 aromatic rings. The Kier molecular flexibility index (Phi) is 1.88. The number of hydrogen-bond donors (Lipinski definition) is 1. The highest BCUT2D eigenvalue weighted by atomic mass is 16.6. The van der Waals surface area contributed by atoms with E-state index >= 15 is 0 Å². The fourth-order valence-electron chi connectivity index (χ4n) is 1.35. The number of nitrogens with zero attached hydrogens (tertiary/aromatic N) is 1. The summed E-state index contributed by atoms with van der Waals surface area (Å²) in [6.45, 7) is 4.56. The van der Waals surface area contributed by atoms with E-state index in [1.54, 1.807) is 6.92 Å². The minimum Gasteiger partial charge on any atom is -0.507 e. The zero-order valence-corrected chi connectivity index (χ0v) is 7.71. The standard InChI is InChI=1S/C9H11NO3/c1-5-4-6(2)9(11)7(3)8(5)10(12)13/h4,11H,1-3H3/i4D. The summed E-state index contributed by atoms with van der Waals surface area (Å²) in [6, 6.07) is 0.0276. The number of phenolic OH excluding ortho intramolecular Hbond substituents is 1. The zero-order valence-electron chi connectivity index (χ0n) is 8.71. The molecule has 0 spiro atoms. The second kappa shape index (κ2) is 3.05. The number of nitro groups is 1. The first-order chi connectivity index (χ1) is 6.37. The second-order valence-corrected chi connectivity index (χ2v) is 2.95. The molecule has 0 fully saturated rings. The summed E-state index contributed by atoms with van der Waals surface area (Å²) in [5.74, 6) is -0.160. The van der Waals surface area contributed by atoms with Gasteiger partial charge < -0.3 is 5.11 Å². The third kappa shape index (κ3) is 1.47. The van der Waals surface area contributed by atoms with Gasteiger partial charge >= 0.3 is 0 Å². The molecule has 0 aromatic heterocycles. The van der Waals surface area contributed by atoms with Crippen LogP contribution >= 0.6 is 0 Å². The Hall–Kier alpha value is -1.58. The quantitative estimate of drug-likeness (QED) is 0.535. The molecule has 0 bridgehead atoms. The topological polar surface area (TPSA) is 63.4 Å². The van der Waals surface area contributed by atoms with Crippen molar-refractivity contribution in [3.63, 3.8) is 0 Å². The molecule has 0 unspecified atom stereocenters. The summed E-state index contributed by atoms with van der Waals surface area (Å²) in [6.07, 6.45) is 0. The van der Waals surface area contributed by atoms with Crippen LogP contribution in [0.15, 0.2) is 6.04 Å². The molecule has 0 aliphatic carbocycles. The molecule has 0 saturated heterocycles. The number of aromatic hydroxyl groups is 1. The molecule has 0 aliphatic heterocycles. The smallest absolute Gasteiger partial charge is 0.278 e.